The Balaban J connectivity index is 4.52. The van der Waals surface area contributed by atoms with Crippen molar-refractivity contribution in [3.05, 3.63) is 122 Å². The average Bonchev–Trinajstić information content (AvgIpc) is 3.20. The number of aliphatic hydroxyl groups is 1. The first kappa shape index (κ1) is 54.4. The fourth-order valence-electron chi connectivity index (χ4n) is 4.82. The predicted molar refractivity (Wildman–Crippen MR) is 239 cm³/mol. The Kier molecular flexibility index (Phi) is 38.9. The van der Waals surface area contributed by atoms with Gasteiger partial charge in [0, 0.05) is 19.4 Å². The molecule has 11 heteroatoms. The van der Waals surface area contributed by atoms with Gasteiger partial charge in [0.25, 0.3) is 0 Å². The molecule has 2 unspecified atom stereocenters. The molecule has 0 aliphatic heterocycles. The lowest BCUT2D eigenvalue weighted by Gasteiger charge is -2.20. The maximum absolute atomic E-state index is 12.6. The molecule has 0 bridgehead atoms. The minimum Gasteiger partial charge on any atom is -0.462 e. The molecule has 0 rings (SSSR count). The summed E-state index contributed by atoms with van der Waals surface area (Å²) in [4.78, 5) is 34.8. The van der Waals surface area contributed by atoms with Crippen LogP contribution in [0.4, 0.5) is 0 Å². The van der Waals surface area contributed by atoms with Crippen LogP contribution in [0, 0.1) is 0 Å². The summed E-state index contributed by atoms with van der Waals surface area (Å²) < 4.78 is 32.5. The molecular formula is C47H74NO9P. The number of rotatable bonds is 37. The van der Waals surface area contributed by atoms with E-state index in [1.165, 1.54) is 25.7 Å². The quantitative estimate of drug-likeness (QED) is 0.0181. The van der Waals surface area contributed by atoms with Crippen molar-refractivity contribution in [1.82, 2.24) is 0 Å². The molecule has 0 aromatic carbocycles. The monoisotopic (exact) mass is 828 g/mol. The molecule has 0 aliphatic carbocycles. The molecule has 0 radical (unpaired) electrons. The number of phosphoric acid groups is 1. The highest BCUT2D eigenvalue weighted by atomic mass is 31.2. The van der Waals surface area contributed by atoms with Gasteiger partial charge < -0.3 is 25.2 Å². The van der Waals surface area contributed by atoms with Crippen LogP contribution in [0.3, 0.4) is 0 Å². The Morgan fingerprint density at radius 1 is 0.621 bits per heavy atom. The minimum atomic E-state index is -4.46. The maximum atomic E-state index is 12.6. The Bertz CT molecular complexity index is 1370. The number of allylic oxidation sites excluding steroid dienone is 19. The number of aliphatic hydroxyl groups excluding tert-OH is 1. The average molecular weight is 828 g/mol. The van der Waals surface area contributed by atoms with Crippen molar-refractivity contribution >= 4 is 19.8 Å². The molecule has 0 saturated carbocycles. The van der Waals surface area contributed by atoms with Gasteiger partial charge in [0.05, 0.1) is 19.3 Å². The molecule has 326 valence electrons. The van der Waals surface area contributed by atoms with E-state index in [0.717, 1.165) is 51.4 Å². The van der Waals surface area contributed by atoms with Gasteiger partial charge in [-0.3, -0.25) is 18.6 Å². The fraction of sp³-hybridized carbons (Fsp3) is 0.532. The van der Waals surface area contributed by atoms with E-state index in [1.54, 1.807) is 12.2 Å². The zero-order chi connectivity index (χ0) is 42.6. The fourth-order valence-corrected chi connectivity index (χ4v) is 5.58. The second kappa shape index (κ2) is 41.5. The van der Waals surface area contributed by atoms with Crippen LogP contribution in [-0.4, -0.2) is 60.5 Å². The molecule has 58 heavy (non-hydrogen) atoms. The van der Waals surface area contributed by atoms with Gasteiger partial charge in [-0.15, -0.1) is 0 Å². The molecule has 4 N–H and O–H groups in total. The molecule has 0 spiro atoms. The number of esters is 2. The van der Waals surface area contributed by atoms with Crippen LogP contribution in [0.2, 0.25) is 0 Å². The molecule has 0 fully saturated rings. The first-order chi connectivity index (χ1) is 28.2. The molecular weight excluding hydrogens is 753 g/mol. The zero-order valence-electron chi connectivity index (χ0n) is 35.3. The van der Waals surface area contributed by atoms with E-state index in [4.69, 9.17) is 24.3 Å². The highest BCUT2D eigenvalue weighted by Gasteiger charge is 2.26. The van der Waals surface area contributed by atoms with E-state index in [-0.39, 0.29) is 32.6 Å². The second-order valence-corrected chi connectivity index (χ2v) is 14.8. The van der Waals surface area contributed by atoms with Gasteiger partial charge in [-0.25, -0.2) is 4.57 Å². The van der Waals surface area contributed by atoms with Crippen LogP contribution >= 0.6 is 7.82 Å². The van der Waals surface area contributed by atoms with E-state index in [0.29, 0.717) is 19.3 Å². The molecule has 3 atom stereocenters. The van der Waals surface area contributed by atoms with E-state index >= 15 is 0 Å². The highest BCUT2D eigenvalue weighted by molar-refractivity contribution is 7.47. The number of ether oxygens (including phenoxy) is 2. The van der Waals surface area contributed by atoms with E-state index in [2.05, 4.69) is 98.9 Å². The molecule has 0 heterocycles. The van der Waals surface area contributed by atoms with Gasteiger partial charge in [-0.05, 0) is 83.5 Å². The third-order valence-electron chi connectivity index (χ3n) is 7.95. The SMILES string of the molecule is CC/C=C\C/C=C\C/C=C\C/C=C\C=C\C(O)CCCC(=O)O[C@H](COC(=O)CC/C=C\C/C=C\C/C=C\C/C=C\C/C=C\CCCCC)COP(=O)(O)OCCN. The molecule has 0 aliphatic rings. The summed E-state index contributed by atoms with van der Waals surface area (Å²) in [6.07, 6.45) is 52.8. The van der Waals surface area contributed by atoms with Crippen molar-refractivity contribution in [3.63, 3.8) is 0 Å². The largest absolute Gasteiger partial charge is 0.472 e. The van der Waals surface area contributed by atoms with Crippen molar-refractivity contribution in [1.29, 1.82) is 0 Å². The zero-order valence-corrected chi connectivity index (χ0v) is 36.2. The van der Waals surface area contributed by atoms with Gasteiger partial charge >= 0.3 is 19.8 Å². The van der Waals surface area contributed by atoms with Crippen molar-refractivity contribution < 1.29 is 42.7 Å². The van der Waals surface area contributed by atoms with E-state index in [1.807, 2.05) is 24.3 Å². The van der Waals surface area contributed by atoms with E-state index in [9.17, 15) is 24.2 Å². The van der Waals surface area contributed by atoms with Crippen LogP contribution in [0.25, 0.3) is 0 Å². The summed E-state index contributed by atoms with van der Waals surface area (Å²) in [6, 6.07) is 0. The lowest BCUT2D eigenvalue weighted by molar-refractivity contribution is -0.161. The maximum Gasteiger partial charge on any atom is 0.472 e. The minimum absolute atomic E-state index is 0.00638. The molecule has 10 nitrogen and oxygen atoms in total. The van der Waals surface area contributed by atoms with Crippen LogP contribution < -0.4 is 5.73 Å². The standard InChI is InChI=1S/C47H74NO9P/c1-3-5-7-9-11-13-15-17-18-19-20-21-22-24-26-28-30-32-34-38-46(50)54-42-45(43-56-58(52,53)55-41-40-48)57-47(51)39-35-37-44(49)36-33-31-29-27-25-23-16-14-12-10-8-6-4-2/h6,8,11-14,17-18,20-21,23-26,29-33,36,44-45,49H,3-5,7,9-10,15-16,19,22,27-28,34-35,37-43,48H2,1-2H3,(H,52,53)/b8-6-,13-11-,14-12-,18-17-,21-20-,25-23-,26-24-,31-29-,32-30-,36-33+/t44?,45-/m1/s1. The second-order valence-electron chi connectivity index (χ2n) is 13.3. The number of phosphoric ester groups is 1. The normalized spacial score (nSPS) is 15.1. The summed E-state index contributed by atoms with van der Waals surface area (Å²) in [5.41, 5.74) is 5.33. The summed E-state index contributed by atoms with van der Waals surface area (Å²) >= 11 is 0. The smallest absolute Gasteiger partial charge is 0.462 e. The third-order valence-corrected chi connectivity index (χ3v) is 8.93. The van der Waals surface area contributed by atoms with Gasteiger partial charge in [0.1, 0.15) is 6.61 Å². The number of carbonyl (C=O) groups is 2. The Hall–Kier alpha value is -3.63. The number of hydrogen-bond acceptors (Lipinski definition) is 9. The predicted octanol–water partition coefficient (Wildman–Crippen LogP) is 11.1. The summed E-state index contributed by atoms with van der Waals surface area (Å²) in [6.45, 7) is 3.23. The number of nitrogens with two attached hydrogens (primary N) is 1. The van der Waals surface area contributed by atoms with Gasteiger partial charge in [-0.1, -0.05) is 148 Å². The summed E-state index contributed by atoms with van der Waals surface area (Å²) in [7, 11) is -4.46. The van der Waals surface area contributed by atoms with Gasteiger partial charge in [0.15, 0.2) is 6.10 Å². The molecule has 0 aromatic rings. The number of hydrogen-bond donors (Lipinski definition) is 3. The Morgan fingerprint density at radius 3 is 1.71 bits per heavy atom. The highest BCUT2D eigenvalue weighted by Crippen LogP contribution is 2.43. The van der Waals surface area contributed by atoms with E-state index < -0.39 is 38.6 Å². The molecule has 0 aromatic heterocycles. The van der Waals surface area contributed by atoms with Crippen LogP contribution in [0.15, 0.2) is 122 Å². The van der Waals surface area contributed by atoms with Crippen LogP contribution in [-0.2, 0) is 32.7 Å². The lowest BCUT2D eigenvalue weighted by Crippen LogP contribution is -2.29. The molecule has 0 amide bonds. The summed E-state index contributed by atoms with van der Waals surface area (Å²) in [5, 5.41) is 10.3. The topological polar surface area (TPSA) is 155 Å². The van der Waals surface area contributed by atoms with Gasteiger partial charge in [-0.2, -0.15) is 0 Å². The Morgan fingerprint density at radius 2 is 1.16 bits per heavy atom. The first-order valence-corrected chi connectivity index (χ1v) is 22.6. The van der Waals surface area contributed by atoms with Crippen molar-refractivity contribution in [2.75, 3.05) is 26.4 Å². The summed E-state index contributed by atoms with van der Waals surface area (Å²) in [5.74, 6) is -1.15. The van der Waals surface area contributed by atoms with Crippen molar-refractivity contribution in [3.8, 4) is 0 Å². The lowest BCUT2D eigenvalue weighted by atomic mass is 10.1. The van der Waals surface area contributed by atoms with Crippen LogP contribution in [0.1, 0.15) is 123 Å². The Labute approximate surface area is 350 Å². The third kappa shape index (κ3) is 40.6. The first-order valence-electron chi connectivity index (χ1n) is 21.1. The van der Waals surface area contributed by atoms with Crippen molar-refractivity contribution in [2.45, 2.75) is 135 Å². The molecule has 0 saturated heterocycles. The number of carbonyl (C=O) groups excluding carboxylic acids is 2. The van der Waals surface area contributed by atoms with Crippen molar-refractivity contribution in [2.24, 2.45) is 5.73 Å². The van der Waals surface area contributed by atoms with Gasteiger partial charge in [0.2, 0.25) is 0 Å². The number of unbranched alkanes of at least 4 members (excludes halogenated alkanes) is 3. The van der Waals surface area contributed by atoms with Crippen LogP contribution in [0.5, 0.6) is 0 Å².